The number of esters is 2. The van der Waals surface area contributed by atoms with Crippen molar-refractivity contribution in [2.75, 3.05) is 26.4 Å². The summed E-state index contributed by atoms with van der Waals surface area (Å²) in [5.74, 6) is -0.859. The van der Waals surface area contributed by atoms with E-state index in [1.165, 1.54) is 238 Å². The van der Waals surface area contributed by atoms with Crippen LogP contribution in [0.3, 0.4) is 0 Å². The summed E-state index contributed by atoms with van der Waals surface area (Å²) < 4.78 is 33.2. The molecule has 0 saturated carbocycles. The van der Waals surface area contributed by atoms with Gasteiger partial charge in [0.15, 0.2) is 6.10 Å². The average molecular weight is 1310 g/mol. The third kappa shape index (κ3) is 75.7. The number of phosphoric ester groups is 1. The van der Waals surface area contributed by atoms with Gasteiger partial charge in [-0.05, 0) is 83.5 Å². The molecule has 0 fully saturated rings. The predicted octanol–water partition coefficient (Wildman–Crippen LogP) is 26.0. The second-order valence-electron chi connectivity index (χ2n) is 25.9. The predicted molar refractivity (Wildman–Crippen MR) is 399 cm³/mol. The fourth-order valence-electron chi connectivity index (χ4n) is 11.2. The van der Waals surface area contributed by atoms with E-state index in [0.717, 1.165) is 96.3 Å². The average Bonchev–Trinajstić information content (AvgIpc) is 3.54. The van der Waals surface area contributed by atoms with Crippen molar-refractivity contribution in [3.63, 3.8) is 0 Å². The Bertz CT molecular complexity index is 1880. The van der Waals surface area contributed by atoms with E-state index in [2.05, 4.69) is 123 Å². The maximum atomic E-state index is 12.8. The van der Waals surface area contributed by atoms with Gasteiger partial charge in [0.05, 0.1) is 13.2 Å². The Hall–Kier alpha value is -3.33. The Kier molecular flexibility index (Phi) is 73.9. The first-order valence-corrected chi connectivity index (χ1v) is 40.4. The highest BCUT2D eigenvalue weighted by Crippen LogP contribution is 2.43. The minimum Gasteiger partial charge on any atom is -0.462 e. The zero-order valence-corrected chi connectivity index (χ0v) is 60.9. The quantitative estimate of drug-likeness (QED) is 0.0264. The van der Waals surface area contributed by atoms with E-state index in [4.69, 9.17) is 24.3 Å². The summed E-state index contributed by atoms with van der Waals surface area (Å²) in [6, 6.07) is 0. The smallest absolute Gasteiger partial charge is 0.462 e. The lowest BCUT2D eigenvalue weighted by Gasteiger charge is -2.19. The van der Waals surface area contributed by atoms with E-state index >= 15 is 0 Å². The number of phosphoric acid groups is 1. The van der Waals surface area contributed by atoms with Gasteiger partial charge in [-0.15, -0.1) is 0 Å². The van der Waals surface area contributed by atoms with E-state index in [-0.39, 0.29) is 38.6 Å². The molecular formula is C82H146NO8P. The van der Waals surface area contributed by atoms with Crippen LogP contribution >= 0.6 is 7.82 Å². The molecule has 0 saturated heterocycles. The molecule has 0 rings (SSSR count). The number of nitrogens with two attached hydrogens (primary N) is 1. The van der Waals surface area contributed by atoms with Crippen molar-refractivity contribution in [2.24, 2.45) is 5.73 Å². The van der Waals surface area contributed by atoms with Crippen molar-refractivity contribution in [3.8, 4) is 0 Å². The van der Waals surface area contributed by atoms with Gasteiger partial charge in [0.25, 0.3) is 0 Å². The lowest BCUT2D eigenvalue weighted by atomic mass is 10.0. The van der Waals surface area contributed by atoms with Crippen LogP contribution in [0.4, 0.5) is 0 Å². The Morgan fingerprint density at radius 3 is 0.891 bits per heavy atom. The van der Waals surface area contributed by atoms with E-state index in [1.807, 2.05) is 0 Å². The van der Waals surface area contributed by atoms with E-state index in [9.17, 15) is 19.0 Å². The zero-order chi connectivity index (χ0) is 66.5. The Morgan fingerprint density at radius 1 is 0.337 bits per heavy atom. The van der Waals surface area contributed by atoms with Gasteiger partial charge < -0.3 is 20.1 Å². The first kappa shape index (κ1) is 88.7. The van der Waals surface area contributed by atoms with Gasteiger partial charge in [-0.2, -0.15) is 0 Å². The number of carbonyl (C=O) groups is 2. The van der Waals surface area contributed by atoms with Gasteiger partial charge in [-0.3, -0.25) is 18.6 Å². The lowest BCUT2D eigenvalue weighted by Crippen LogP contribution is -2.29. The number of hydrogen-bond donors (Lipinski definition) is 2. The van der Waals surface area contributed by atoms with Gasteiger partial charge in [-0.1, -0.05) is 380 Å². The van der Waals surface area contributed by atoms with Crippen LogP contribution in [0.25, 0.3) is 0 Å². The molecule has 0 aromatic carbocycles. The summed E-state index contributed by atoms with van der Waals surface area (Å²) in [6.07, 6.45) is 107. The molecule has 0 aliphatic carbocycles. The molecule has 532 valence electrons. The van der Waals surface area contributed by atoms with Gasteiger partial charge in [-0.25, -0.2) is 4.57 Å². The molecule has 0 amide bonds. The number of rotatable bonds is 73. The summed E-state index contributed by atoms with van der Waals surface area (Å²) in [4.78, 5) is 35.4. The SMILES string of the molecule is CC/C=C\C/C=C\C/C=C\C/C=C\C/C=C\C/C=C\C/C=C\C/C=C\C/C=C\CCCCCC(=O)OC(COC(=O)CCCCCCCCCCCCCCCCCCCCCCCCCCCCCCCCCCCCCCCCCC)COP(=O)(O)OCCN. The molecule has 10 heteroatoms. The molecule has 92 heavy (non-hydrogen) atoms. The molecule has 0 aliphatic heterocycles. The molecule has 0 spiro atoms. The standard InChI is InChI=1S/C82H146NO8P/c1-3-5-7-9-11-13-15-17-19-21-23-25-27-29-31-33-35-36-37-38-39-40-41-42-43-45-46-48-50-52-54-56-58-60-62-64-66-68-70-72-74-81(84)88-78-80(79-90-92(86,87)89-77-76-83)91-82(85)75-73-71-69-67-65-63-61-59-57-55-53-51-49-47-44-34-32-30-28-26-24-22-20-18-16-14-12-10-8-6-4-2/h6,8,12,14,18,20,24,26,30,32,44,47,51,53,57,59,63,65,80H,3-5,7,9-11,13,15-17,19,21-23,25,27-29,31,33-43,45-46,48-50,52,54-56,58,60-62,64,66-79,83H2,1-2H3,(H,86,87)/b8-6-,14-12-,20-18-,26-24-,32-30-,47-44-,53-51-,59-57-,65-63-. The fraction of sp³-hybridized carbons (Fsp3) is 0.756. The molecule has 2 atom stereocenters. The van der Waals surface area contributed by atoms with Crippen molar-refractivity contribution in [2.45, 2.75) is 373 Å². The van der Waals surface area contributed by atoms with Crippen LogP contribution < -0.4 is 5.73 Å². The third-order valence-corrected chi connectivity index (χ3v) is 17.9. The van der Waals surface area contributed by atoms with Crippen LogP contribution in [-0.4, -0.2) is 49.3 Å². The highest BCUT2D eigenvalue weighted by atomic mass is 31.2. The maximum absolute atomic E-state index is 12.8. The van der Waals surface area contributed by atoms with Crippen LogP contribution in [0.15, 0.2) is 109 Å². The van der Waals surface area contributed by atoms with E-state index in [0.29, 0.717) is 6.42 Å². The monoisotopic (exact) mass is 1300 g/mol. The fourth-order valence-corrected chi connectivity index (χ4v) is 12.0. The first-order chi connectivity index (χ1) is 45.3. The van der Waals surface area contributed by atoms with Crippen LogP contribution in [0, 0.1) is 0 Å². The second-order valence-corrected chi connectivity index (χ2v) is 27.3. The van der Waals surface area contributed by atoms with Crippen molar-refractivity contribution in [1.82, 2.24) is 0 Å². The van der Waals surface area contributed by atoms with Crippen LogP contribution in [0.5, 0.6) is 0 Å². The molecule has 0 aliphatic rings. The van der Waals surface area contributed by atoms with Crippen LogP contribution in [0.1, 0.15) is 367 Å². The minimum atomic E-state index is -4.41. The molecule has 0 heterocycles. The Balaban J connectivity index is 3.85. The molecule has 0 aromatic heterocycles. The number of hydrogen-bond acceptors (Lipinski definition) is 8. The summed E-state index contributed by atoms with van der Waals surface area (Å²) >= 11 is 0. The molecule has 2 unspecified atom stereocenters. The van der Waals surface area contributed by atoms with Crippen molar-refractivity contribution in [3.05, 3.63) is 109 Å². The van der Waals surface area contributed by atoms with Gasteiger partial charge in [0, 0.05) is 19.4 Å². The van der Waals surface area contributed by atoms with Crippen LogP contribution in [0.2, 0.25) is 0 Å². The summed E-state index contributed by atoms with van der Waals surface area (Å²) in [5.41, 5.74) is 5.40. The molecule has 9 nitrogen and oxygen atoms in total. The second kappa shape index (κ2) is 76.7. The molecule has 0 radical (unpaired) electrons. The summed E-state index contributed by atoms with van der Waals surface area (Å²) in [5, 5.41) is 0. The van der Waals surface area contributed by atoms with Gasteiger partial charge >= 0.3 is 19.8 Å². The first-order valence-electron chi connectivity index (χ1n) is 38.9. The number of ether oxygens (including phenoxy) is 2. The Morgan fingerprint density at radius 2 is 0.598 bits per heavy atom. The Labute approximate surface area is 569 Å². The normalized spacial score (nSPS) is 13.5. The molecule has 0 bridgehead atoms. The molecule has 0 aromatic rings. The number of unbranched alkanes of at least 4 members (excludes halogenated alkanes) is 42. The van der Waals surface area contributed by atoms with Crippen LogP contribution in [-0.2, 0) is 32.7 Å². The maximum Gasteiger partial charge on any atom is 0.472 e. The summed E-state index contributed by atoms with van der Waals surface area (Å²) in [7, 11) is -4.41. The zero-order valence-electron chi connectivity index (χ0n) is 60.0. The molecule has 3 N–H and O–H groups in total. The van der Waals surface area contributed by atoms with Crippen molar-refractivity contribution >= 4 is 19.8 Å². The highest BCUT2D eigenvalue weighted by Gasteiger charge is 2.26. The third-order valence-electron chi connectivity index (χ3n) is 16.9. The molecular weight excluding hydrogens is 1160 g/mol. The lowest BCUT2D eigenvalue weighted by molar-refractivity contribution is -0.161. The number of allylic oxidation sites excluding steroid dienone is 18. The number of carbonyl (C=O) groups excluding carboxylic acids is 2. The largest absolute Gasteiger partial charge is 0.472 e. The summed E-state index contributed by atoms with van der Waals surface area (Å²) in [6.45, 7) is 3.63. The van der Waals surface area contributed by atoms with Crippen molar-refractivity contribution < 1.29 is 37.6 Å². The van der Waals surface area contributed by atoms with Gasteiger partial charge in [0.2, 0.25) is 0 Å². The van der Waals surface area contributed by atoms with E-state index < -0.39 is 26.5 Å². The van der Waals surface area contributed by atoms with Gasteiger partial charge in [0.1, 0.15) is 6.61 Å². The highest BCUT2D eigenvalue weighted by molar-refractivity contribution is 7.47. The minimum absolute atomic E-state index is 0.0434. The van der Waals surface area contributed by atoms with Crippen molar-refractivity contribution in [1.29, 1.82) is 0 Å². The topological polar surface area (TPSA) is 134 Å². The van der Waals surface area contributed by atoms with E-state index in [1.54, 1.807) is 0 Å².